The molecule has 0 unspecified atom stereocenters. The van der Waals surface area contributed by atoms with Crippen LogP contribution >= 0.6 is 0 Å². The van der Waals surface area contributed by atoms with Crippen LogP contribution in [0.3, 0.4) is 0 Å². The minimum atomic E-state index is 0.406. The van der Waals surface area contributed by atoms with Crippen molar-refractivity contribution in [2.75, 3.05) is 14.2 Å². The molecule has 0 saturated carbocycles. The molecular weight excluding hydrogens is 200 g/mol. The zero-order chi connectivity index (χ0) is 12.3. The van der Waals surface area contributed by atoms with Gasteiger partial charge in [0.15, 0.2) is 0 Å². The minimum Gasteiger partial charge on any atom is -0.496 e. The molecule has 1 rings (SSSR count). The number of allylic oxidation sites excluding steroid dienone is 1. The summed E-state index contributed by atoms with van der Waals surface area (Å²) in [5, 5.41) is 0. The second kappa shape index (κ2) is 5.06. The first-order valence-electron chi connectivity index (χ1n) is 5.43. The highest BCUT2D eigenvalue weighted by atomic mass is 16.5. The lowest BCUT2D eigenvalue weighted by atomic mass is 9.97. The molecule has 1 aromatic rings. The van der Waals surface area contributed by atoms with Gasteiger partial charge in [-0.25, -0.2) is 0 Å². The maximum Gasteiger partial charge on any atom is 0.126 e. The van der Waals surface area contributed by atoms with Crippen molar-refractivity contribution in [1.29, 1.82) is 0 Å². The second-order valence-electron chi connectivity index (χ2n) is 4.23. The van der Waals surface area contributed by atoms with Crippen molar-refractivity contribution in [3.8, 4) is 11.5 Å². The Balaban J connectivity index is 3.40. The Hall–Kier alpha value is -1.44. The van der Waals surface area contributed by atoms with Crippen LogP contribution in [0.2, 0.25) is 0 Å². The van der Waals surface area contributed by atoms with Gasteiger partial charge < -0.3 is 9.47 Å². The Kier molecular flexibility index (Phi) is 3.99. The van der Waals surface area contributed by atoms with Crippen molar-refractivity contribution >= 4 is 5.57 Å². The van der Waals surface area contributed by atoms with Gasteiger partial charge in [0.2, 0.25) is 0 Å². The molecule has 0 saturated heterocycles. The van der Waals surface area contributed by atoms with Gasteiger partial charge in [-0.05, 0) is 30.5 Å². The van der Waals surface area contributed by atoms with Crippen molar-refractivity contribution in [2.24, 2.45) is 0 Å². The van der Waals surface area contributed by atoms with Gasteiger partial charge in [-0.2, -0.15) is 0 Å². The van der Waals surface area contributed by atoms with E-state index >= 15 is 0 Å². The van der Waals surface area contributed by atoms with Crippen LogP contribution in [0.15, 0.2) is 18.7 Å². The zero-order valence-corrected chi connectivity index (χ0v) is 10.8. The van der Waals surface area contributed by atoms with Gasteiger partial charge >= 0.3 is 0 Å². The average molecular weight is 220 g/mol. The molecule has 0 fully saturated rings. The molecule has 0 aliphatic heterocycles. The molecule has 0 radical (unpaired) electrons. The van der Waals surface area contributed by atoms with Crippen LogP contribution in [0.5, 0.6) is 11.5 Å². The predicted molar refractivity (Wildman–Crippen MR) is 68.3 cm³/mol. The van der Waals surface area contributed by atoms with Gasteiger partial charge in [0, 0.05) is 11.1 Å². The Morgan fingerprint density at radius 2 is 1.69 bits per heavy atom. The summed E-state index contributed by atoms with van der Waals surface area (Å²) < 4.78 is 10.8. The smallest absolute Gasteiger partial charge is 0.126 e. The van der Waals surface area contributed by atoms with Crippen molar-refractivity contribution in [2.45, 2.75) is 26.7 Å². The molecule has 0 aliphatic carbocycles. The van der Waals surface area contributed by atoms with Crippen LogP contribution in [0.25, 0.3) is 5.57 Å². The highest BCUT2D eigenvalue weighted by Gasteiger charge is 2.13. The van der Waals surface area contributed by atoms with E-state index in [1.807, 2.05) is 19.1 Å². The Bertz CT molecular complexity index is 392. The molecule has 0 atom stereocenters. The van der Waals surface area contributed by atoms with Crippen LogP contribution < -0.4 is 9.47 Å². The Morgan fingerprint density at radius 1 is 1.12 bits per heavy atom. The number of hydrogen-bond acceptors (Lipinski definition) is 2. The Morgan fingerprint density at radius 3 is 2.06 bits per heavy atom. The molecule has 0 aliphatic rings. The van der Waals surface area contributed by atoms with Crippen LogP contribution in [0.1, 0.15) is 37.8 Å². The van der Waals surface area contributed by atoms with Crippen LogP contribution in [0, 0.1) is 0 Å². The molecule has 2 heteroatoms. The van der Waals surface area contributed by atoms with E-state index in [4.69, 9.17) is 9.47 Å². The lowest BCUT2D eigenvalue weighted by Crippen LogP contribution is -1.98. The fourth-order valence-corrected chi connectivity index (χ4v) is 1.71. The highest BCUT2D eigenvalue weighted by Crippen LogP contribution is 2.36. The van der Waals surface area contributed by atoms with Crippen LogP contribution in [-0.2, 0) is 0 Å². The van der Waals surface area contributed by atoms with E-state index in [1.165, 1.54) is 0 Å². The van der Waals surface area contributed by atoms with Gasteiger partial charge in [0.1, 0.15) is 11.5 Å². The third-order valence-electron chi connectivity index (χ3n) is 2.63. The fourth-order valence-electron chi connectivity index (χ4n) is 1.71. The molecule has 0 heterocycles. The zero-order valence-electron chi connectivity index (χ0n) is 10.8. The number of methoxy groups -OCH3 is 2. The third kappa shape index (κ3) is 2.38. The third-order valence-corrected chi connectivity index (χ3v) is 2.63. The van der Waals surface area contributed by atoms with E-state index in [-0.39, 0.29) is 0 Å². The molecule has 16 heavy (non-hydrogen) atoms. The van der Waals surface area contributed by atoms with Crippen molar-refractivity contribution in [3.63, 3.8) is 0 Å². The first-order chi connectivity index (χ1) is 7.51. The number of benzene rings is 1. The Labute approximate surface area is 97.9 Å². The van der Waals surface area contributed by atoms with Crippen molar-refractivity contribution < 1.29 is 9.47 Å². The maximum absolute atomic E-state index is 5.40. The van der Waals surface area contributed by atoms with Crippen molar-refractivity contribution in [1.82, 2.24) is 0 Å². The van der Waals surface area contributed by atoms with E-state index in [0.29, 0.717) is 5.92 Å². The van der Waals surface area contributed by atoms with Gasteiger partial charge in [-0.15, -0.1) is 0 Å². The molecule has 0 aromatic heterocycles. The normalized spacial score (nSPS) is 10.4. The van der Waals surface area contributed by atoms with E-state index in [1.54, 1.807) is 14.2 Å². The molecule has 0 spiro atoms. The van der Waals surface area contributed by atoms with Gasteiger partial charge in [0.25, 0.3) is 0 Å². The summed E-state index contributed by atoms with van der Waals surface area (Å²) in [6, 6.07) is 4.03. The standard InChI is InChI=1S/C14H20O2/c1-9(2)11-7-14(16-6)12(10(3)4)8-13(11)15-5/h7-8,10H,1H2,2-6H3. The maximum atomic E-state index is 5.40. The summed E-state index contributed by atoms with van der Waals surface area (Å²) in [6.45, 7) is 10.2. The first-order valence-corrected chi connectivity index (χ1v) is 5.43. The summed E-state index contributed by atoms with van der Waals surface area (Å²) in [7, 11) is 3.37. The van der Waals surface area contributed by atoms with E-state index in [0.717, 1.165) is 28.2 Å². The topological polar surface area (TPSA) is 18.5 Å². The highest BCUT2D eigenvalue weighted by molar-refractivity contribution is 5.70. The largest absolute Gasteiger partial charge is 0.496 e. The van der Waals surface area contributed by atoms with Crippen LogP contribution in [-0.4, -0.2) is 14.2 Å². The number of ether oxygens (including phenoxy) is 2. The average Bonchev–Trinajstić information content (AvgIpc) is 2.26. The minimum absolute atomic E-state index is 0.406. The van der Waals surface area contributed by atoms with E-state index in [9.17, 15) is 0 Å². The lowest BCUT2D eigenvalue weighted by Gasteiger charge is -2.16. The van der Waals surface area contributed by atoms with Gasteiger partial charge in [-0.1, -0.05) is 20.4 Å². The molecule has 0 N–H and O–H groups in total. The summed E-state index contributed by atoms with van der Waals surface area (Å²) in [5.74, 6) is 2.16. The van der Waals surface area contributed by atoms with Crippen LogP contribution in [0.4, 0.5) is 0 Å². The summed E-state index contributed by atoms with van der Waals surface area (Å²) in [5.41, 5.74) is 3.14. The van der Waals surface area contributed by atoms with E-state index < -0.39 is 0 Å². The molecule has 2 nitrogen and oxygen atoms in total. The quantitative estimate of drug-likeness (QED) is 0.767. The van der Waals surface area contributed by atoms with Gasteiger partial charge in [-0.3, -0.25) is 0 Å². The second-order valence-corrected chi connectivity index (χ2v) is 4.23. The van der Waals surface area contributed by atoms with Gasteiger partial charge in [0.05, 0.1) is 14.2 Å². The summed E-state index contributed by atoms with van der Waals surface area (Å²) in [6.07, 6.45) is 0. The lowest BCUT2D eigenvalue weighted by molar-refractivity contribution is 0.396. The summed E-state index contributed by atoms with van der Waals surface area (Å²) >= 11 is 0. The SMILES string of the molecule is C=C(C)c1cc(OC)c(C(C)C)cc1OC. The number of hydrogen-bond donors (Lipinski definition) is 0. The fraction of sp³-hybridized carbons (Fsp3) is 0.429. The molecule has 88 valence electrons. The number of rotatable bonds is 4. The summed E-state index contributed by atoms with van der Waals surface area (Å²) in [4.78, 5) is 0. The first kappa shape index (κ1) is 12.6. The molecule has 0 amide bonds. The predicted octanol–water partition coefficient (Wildman–Crippen LogP) is 3.86. The van der Waals surface area contributed by atoms with Crippen molar-refractivity contribution in [3.05, 3.63) is 29.8 Å². The van der Waals surface area contributed by atoms with E-state index in [2.05, 4.69) is 20.4 Å². The monoisotopic (exact) mass is 220 g/mol. The molecular formula is C14H20O2. The molecule has 1 aromatic carbocycles. The molecule has 0 bridgehead atoms.